The van der Waals surface area contributed by atoms with E-state index in [-0.39, 0.29) is 11.6 Å². The first kappa shape index (κ1) is 16.1. The van der Waals surface area contributed by atoms with Gasteiger partial charge in [-0.05, 0) is 33.4 Å². The number of nitrogens with zero attached hydrogens (tertiary/aromatic N) is 3. The molecule has 0 aliphatic rings. The number of hydrogen-bond donors (Lipinski definition) is 2. The highest BCUT2D eigenvalue weighted by molar-refractivity contribution is 5.09. The molecule has 0 aliphatic heterocycles. The Hall–Kier alpha value is -0.910. The lowest BCUT2D eigenvalue weighted by Crippen LogP contribution is -2.56. The van der Waals surface area contributed by atoms with Crippen molar-refractivity contribution in [2.45, 2.75) is 59.2 Å². The quantitative estimate of drug-likeness (QED) is 0.558. The van der Waals surface area contributed by atoms with Crippen LogP contribution in [0.4, 0.5) is 0 Å². The number of nitrogens with two attached hydrogens (primary N) is 1. The third-order valence-corrected chi connectivity index (χ3v) is 4.34. The fourth-order valence-electron chi connectivity index (χ4n) is 2.94. The molecule has 19 heavy (non-hydrogen) atoms. The normalized spacial score (nSPS) is 16.6. The van der Waals surface area contributed by atoms with Gasteiger partial charge in [-0.3, -0.25) is 10.7 Å². The third-order valence-electron chi connectivity index (χ3n) is 4.34. The van der Waals surface area contributed by atoms with Crippen molar-refractivity contribution in [1.29, 1.82) is 0 Å². The van der Waals surface area contributed by atoms with E-state index in [1.807, 2.05) is 12.4 Å². The van der Waals surface area contributed by atoms with Crippen molar-refractivity contribution in [3.05, 3.63) is 18.2 Å². The summed E-state index contributed by atoms with van der Waals surface area (Å²) in [4.78, 5) is 6.97. The van der Waals surface area contributed by atoms with Crippen LogP contribution in [-0.4, -0.2) is 33.1 Å². The van der Waals surface area contributed by atoms with Gasteiger partial charge in [0.15, 0.2) is 0 Å². The Balaban J connectivity index is 3.18. The Bertz CT molecular complexity index is 372. The zero-order chi connectivity index (χ0) is 14.5. The van der Waals surface area contributed by atoms with Gasteiger partial charge in [0.05, 0.1) is 6.04 Å². The molecular weight excluding hydrogens is 238 g/mol. The molecule has 5 nitrogen and oxygen atoms in total. The van der Waals surface area contributed by atoms with Crippen LogP contribution in [0.5, 0.6) is 0 Å². The van der Waals surface area contributed by atoms with E-state index in [9.17, 15) is 0 Å². The summed E-state index contributed by atoms with van der Waals surface area (Å²) >= 11 is 0. The van der Waals surface area contributed by atoms with Crippen molar-refractivity contribution < 1.29 is 0 Å². The summed E-state index contributed by atoms with van der Waals surface area (Å²) in [6.45, 7) is 13.9. The number of hydrogen-bond acceptors (Lipinski definition) is 4. The molecule has 5 heteroatoms. The summed E-state index contributed by atoms with van der Waals surface area (Å²) < 4.78 is 2.15. The lowest BCUT2D eigenvalue weighted by Gasteiger charge is -2.45. The van der Waals surface area contributed by atoms with E-state index in [1.54, 1.807) is 0 Å². The zero-order valence-electron chi connectivity index (χ0n) is 13.0. The molecule has 0 spiro atoms. The number of hydrazine groups is 1. The lowest BCUT2D eigenvalue weighted by atomic mass is 9.86. The van der Waals surface area contributed by atoms with Crippen LogP contribution in [-0.2, 0) is 6.54 Å². The molecule has 3 N–H and O–H groups in total. The predicted molar refractivity (Wildman–Crippen MR) is 79.6 cm³/mol. The Morgan fingerprint density at radius 3 is 2.42 bits per heavy atom. The van der Waals surface area contributed by atoms with E-state index < -0.39 is 0 Å². The average Bonchev–Trinajstić information content (AvgIpc) is 2.89. The Morgan fingerprint density at radius 2 is 2.00 bits per heavy atom. The molecule has 1 aromatic rings. The van der Waals surface area contributed by atoms with Gasteiger partial charge in [-0.1, -0.05) is 20.8 Å². The smallest absolute Gasteiger partial charge is 0.129 e. The molecule has 110 valence electrons. The van der Waals surface area contributed by atoms with Crippen molar-refractivity contribution in [2.24, 2.45) is 5.84 Å². The molecule has 1 aromatic heterocycles. The minimum absolute atomic E-state index is 0.0207. The number of rotatable bonds is 8. The van der Waals surface area contributed by atoms with Crippen molar-refractivity contribution >= 4 is 0 Å². The molecule has 1 rings (SSSR count). The maximum atomic E-state index is 5.87. The molecule has 0 fully saturated rings. The summed E-state index contributed by atoms with van der Waals surface area (Å²) in [5.74, 6) is 6.88. The summed E-state index contributed by atoms with van der Waals surface area (Å²) in [5.41, 5.74) is 2.95. The first-order chi connectivity index (χ1) is 9.08. The first-order valence-corrected chi connectivity index (χ1v) is 7.31. The van der Waals surface area contributed by atoms with Crippen LogP contribution in [0.3, 0.4) is 0 Å². The average molecular weight is 267 g/mol. The Kier molecular flexibility index (Phi) is 5.97. The number of likely N-dealkylation sites (N-methyl/N-ethyl adjacent to an activating group) is 1. The number of imidazole rings is 1. The van der Waals surface area contributed by atoms with E-state index in [4.69, 9.17) is 5.84 Å². The largest absolute Gasteiger partial charge is 0.334 e. The molecule has 0 radical (unpaired) electrons. The van der Waals surface area contributed by atoms with Gasteiger partial charge in [0.2, 0.25) is 0 Å². The Labute approximate surface area is 117 Å². The Morgan fingerprint density at radius 1 is 1.37 bits per heavy atom. The second kappa shape index (κ2) is 7.03. The number of aryl methyl sites for hydroxylation is 1. The van der Waals surface area contributed by atoms with Gasteiger partial charge < -0.3 is 4.57 Å². The number of aromatic nitrogens is 2. The molecule has 2 atom stereocenters. The van der Waals surface area contributed by atoms with Crippen LogP contribution >= 0.6 is 0 Å². The highest BCUT2D eigenvalue weighted by atomic mass is 15.3. The second-order valence-electron chi connectivity index (χ2n) is 5.05. The molecule has 0 saturated carbocycles. The molecular formula is C14H29N5. The van der Waals surface area contributed by atoms with E-state index in [2.05, 4.69) is 54.5 Å². The first-order valence-electron chi connectivity index (χ1n) is 7.31. The van der Waals surface area contributed by atoms with Gasteiger partial charge in [0, 0.05) is 24.5 Å². The fraction of sp³-hybridized carbons (Fsp3) is 0.786. The molecule has 1 heterocycles. The van der Waals surface area contributed by atoms with E-state index in [0.29, 0.717) is 0 Å². The number of nitrogens with one attached hydrogen (secondary N) is 1. The maximum Gasteiger partial charge on any atom is 0.129 e. The van der Waals surface area contributed by atoms with E-state index in [1.165, 1.54) is 0 Å². The second-order valence-corrected chi connectivity index (χ2v) is 5.05. The van der Waals surface area contributed by atoms with Crippen LogP contribution in [0.15, 0.2) is 12.4 Å². The zero-order valence-corrected chi connectivity index (χ0v) is 13.0. The van der Waals surface area contributed by atoms with E-state index >= 15 is 0 Å². The van der Waals surface area contributed by atoms with Gasteiger partial charge >= 0.3 is 0 Å². The molecule has 0 amide bonds. The van der Waals surface area contributed by atoms with Crippen LogP contribution in [0.25, 0.3) is 0 Å². The maximum absolute atomic E-state index is 5.87. The van der Waals surface area contributed by atoms with Gasteiger partial charge in [-0.25, -0.2) is 10.4 Å². The van der Waals surface area contributed by atoms with Crippen LogP contribution in [0, 0.1) is 0 Å². The summed E-state index contributed by atoms with van der Waals surface area (Å²) in [6, 6.07) is 0.0207. The minimum atomic E-state index is -0.0451. The fourth-order valence-corrected chi connectivity index (χ4v) is 2.94. The highest BCUT2D eigenvalue weighted by Gasteiger charge is 2.39. The van der Waals surface area contributed by atoms with Crippen LogP contribution in [0.2, 0.25) is 0 Å². The highest BCUT2D eigenvalue weighted by Crippen LogP contribution is 2.32. The summed E-state index contributed by atoms with van der Waals surface area (Å²) in [6.07, 6.45) is 4.87. The standard InChI is InChI=1S/C14H29N5/c1-6-14(5,19(8-3)9-4)12(17-15)13-16-10-11-18(13)7-2/h10-12,17H,6-9,15H2,1-5H3. The summed E-state index contributed by atoms with van der Waals surface area (Å²) in [5, 5.41) is 0. The molecule has 0 aliphatic carbocycles. The van der Waals surface area contributed by atoms with Crippen molar-refractivity contribution in [2.75, 3.05) is 13.1 Å². The summed E-state index contributed by atoms with van der Waals surface area (Å²) in [7, 11) is 0. The van der Waals surface area contributed by atoms with Crippen molar-refractivity contribution in [3.8, 4) is 0 Å². The van der Waals surface area contributed by atoms with Crippen LogP contribution < -0.4 is 11.3 Å². The van der Waals surface area contributed by atoms with E-state index in [0.717, 1.165) is 31.9 Å². The molecule has 2 unspecified atom stereocenters. The lowest BCUT2D eigenvalue weighted by molar-refractivity contribution is 0.0652. The molecule has 0 bridgehead atoms. The van der Waals surface area contributed by atoms with Gasteiger partial charge in [0.25, 0.3) is 0 Å². The van der Waals surface area contributed by atoms with Crippen molar-refractivity contribution in [1.82, 2.24) is 19.9 Å². The SMILES string of the molecule is CCN(CC)C(C)(CC)C(NN)c1nccn1CC. The van der Waals surface area contributed by atoms with Gasteiger partial charge in [-0.15, -0.1) is 0 Å². The minimum Gasteiger partial charge on any atom is -0.334 e. The van der Waals surface area contributed by atoms with Gasteiger partial charge in [0.1, 0.15) is 5.82 Å². The topological polar surface area (TPSA) is 59.1 Å². The monoisotopic (exact) mass is 267 g/mol. The molecule has 0 aromatic carbocycles. The van der Waals surface area contributed by atoms with Crippen LogP contribution in [0.1, 0.15) is 52.9 Å². The third kappa shape index (κ3) is 2.99. The molecule has 0 saturated heterocycles. The predicted octanol–water partition coefficient (Wildman–Crippen LogP) is 1.92. The van der Waals surface area contributed by atoms with Gasteiger partial charge in [-0.2, -0.15) is 0 Å². The van der Waals surface area contributed by atoms with Crippen molar-refractivity contribution in [3.63, 3.8) is 0 Å².